The van der Waals surface area contributed by atoms with Gasteiger partial charge < -0.3 is 9.64 Å². The molecule has 0 radical (unpaired) electrons. The van der Waals surface area contributed by atoms with Crippen LogP contribution in [0.15, 0.2) is 42.5 Å². The molecule has 7 nitrogen and oxygen atoms in total. The first kappa shape index (κ1) is 17.8. The highest BCUT2D eigenvalue weighted by atomic mass is 16.5. The Labute approximate surface area is 151 Å². The summed E-state index contributed by atoms with van der Waals surface area (Å²) < 4.78 is 4.97. The molecular weight excluding hydrogens is 336 g/mol. The second-order valence-electron chi connectivity index (χ2n) is 6.37. The first-order valence-electron chi connectivity index (χ1n) is 8.46. The molecule has 26 heavy (non-hydrogen) atoms. The summed E-state index contributed by atoms with van der Waals surface area (Å²) in [6, 6.07) is 8.95. The molecule has 1 aromatic carbocycles. The number of nitrogens with zero attached hydrogens (tertiary/aromatic N) is 2. The van der Waals surface area contributed by atoms with E-state index < -0.39 is 25.0 Å². The maximum Gasteiger partial charge on any atom is 0.326 e. The quantitative estimate of drug-likeness (QED) is 0.449. The fraction of sp³-hybridized carbons (Fsp3) is 0.368. The molecule has 0 unspecified atom stereocenters. The van der Waals surface area contributed by atoms with Crippen LogP contribution in [0.2, 0.25) is 0 Å². The number of carbonyl (C=O) groups is 4. The zero-order chi connectivity index (χ0) is 18.7. The highest BCUT2D eigenvalue weighted by Gasteiger charge is 2.47. The van der Waals surface area contributed by atoms with Crippen molar-refractivity contribution in [3.05, 3.63) is 42.5 Å². The van der Waals surface area contributed by atoms with Crippen LogP contribution in [0, 0.1) is 11.8 Å². The van der Waals surface area contributed by atoms with E-state index in [1.54, 1.807) is 31.3 Å². The maximum atomic E-state index is 12.3. The van der Waals surface area contributed by atoms with E-state index >= 15 is 0 Å². The van der Waals surface area contributed by atoms with Crippen molar-refractivity contribution in [1.29, 1.82) is 0 Å². The Morgan fingerprint density at radius 1 is 1.08 bits per heavy atom. The lowest BCUT2D eigenvalue weighted by atomic mass is 9.85. The number of carbonyl (C=O) groups excluding carboxylic acids is 4. The van der Waals surface area contributed by atoms with Gasteiger partial charge in [0.15, 0.2) is 6.61 Å². The topological polar surface area (TPSA) is 84.0 Å². The van der Waals surface area contributed by atoms with Crippen molar-refractivity contribution in [2.24, 2.45) is 11.8 Å². The summed E-state index contributed by atoms with van der Waals surface area (Å²) in [5.74, 6) is -2.62. The largest absolute Gasteiger partial charge is 0.454 e. The van der Waals surface area contributed by atoms with Gasteiger partial charge in [0, 0.05) is 12.7 Å². The summed E-state index contributed by atoms with van der Waals surface area (Å²) in [5, 5.41) is 0. The van der Waals surface area contributed by atoms with Crippen molar-refractivity contribution in [3.8, 4) is 0 Å². The molecule has 1 aliphatic heterocycles. The second-order valence-corrected chi connectivity index (χ2v) is 6.37. The lowest BCUT2D eigenvalue weighted by molar-refractivity contribution is -0.154. The van der Waals surface area contributed by atoms with Crippen LogP contribution in [0.3, 0.4) is 0 Å². The van der Waals surface area contributed by atoms with Crippen LogP contribution in [0.5, 0.6) is 0 Å². The summed E-state index contributed by atoms with van der Waals surface area (Å²) in [6.45, 7) is -0.901. The number of allylic oxidation sites excluding steroid dienone is 2. The van der Waals surface area contributed by atoms with Crippen molar-refractivity contribution in [1.82, 2.24) is 4.90 Å². The summed E-state index contributed by atoms with van der Waals surface area (Å²) >= 11 is 0. The van der Waals surface area contributed by atoms with E-state index in [0.29, 0.717) is 18.5 Å². The third-order valence-electron chi connectivity index (χ3n) is 4.76. The van der Waals surface area contributed by atoms with Crippen LogP contribution < -0.4 is 4.90 Å². The highest BCUT2D eigenvalue weighted by Crippen LogP contribution is 2.34. The number of ether oxygens (including phenoxy) is 1. The lowest BCUT2D eigenvalue weighted by Gasteiger charge is -2.18. The molecule has 2 atom stereocenters. The standard InChI is InChI=1S/C19H20N2O5/c1-20(13-7-3-2-4-8-13)16(22)12-26-17(23)11-21-18(24)14-9-5-6-10-15(14)19(21)25/h2-8,14-15H,9-12H2,1H3/t14-,15-/m1/s1. The molecule has 1 aromatic rings. The predicted octanol–water partition coefficient (Wildman–Crippen LogP) is 1.14. The summed E-state index contributed by atoms with van der Waals surface area (Å²) in [5.41, 5.74) is 0.676. The average Bonchev–Trinajstić information content (AvgIpc) is 2.91. The number of rotatable bonds is 5. The van der Waals surface area contributed by atoms with Crippen LogP contribution in [0.25, 0.3) is 0 Å². The zero-order valence-corrected chi connectivity index (χ0v) is 14.5. The van der Waals surface area contributed by atoms with E-state index in [-0.39, 0.29) is 23.7 Å². The molecular formula is C19H20N2O5. The van der Waals surface area contributed by atoms with Gasteiger partial charge in [-0.1, -0.05) is 30.4 Å². The van der Waals surface area contributed by atoms with Gasteiger partial charge in [0.05, 0.1) is 11.8 Å². The molecule has 0 saturated carbocycles. The third kappa shape index (κ3) is 3.51. The van der Waals surface area contributed by atoms with Gasteiger partial charge in [-0.3, -0.25) is 24.1 Å². The average molecular weight is 356 g/mol. The number of hydrogen-bond acceptors (Lipinski definition) is 5. The molecule has 1 aliphatic carbocycles. The Balaban J connectivity index is 1.52. The number of likely N-dealkylation sites (N-methyl/N-ethyl adjacent to an activating group) is 1. The molecule has 0 N–H and O–H groups in total. The lowest BCUT2D eigenvalue weighted by Crippen LogP contribution is -2.38. The minimum absolute atomic E-state index is 0.339. The van der Waals surface area contributed by atoms with Crippen LogP contribution in [0.1, 0.15) is 12.8 Å². The Bertz CT molecular complexity index is 732. The van der Waals surface area contributed by atoms with E-state index in [1.807, 2.05) is 18.2 Å². The van der Waals surface area contributed by atoms with E-state index in [0.717, 1.165) is 4.90 Å². The van der Waals surface area contributed by atoms with E-state index in [9.17, 15) is 19.2 Å². The van der Waals surface area contributed by atoms with Gasteiger partial charge >= 0.3 is 5.97 Å². The first-order chi connectivity index (χ1) is 12.5. The van der Waals surface area contributed by atoms with Crippen LogP contribution in [-0.4, -0.2) is 48.8 Å². The fourth-order valence-corrected chi connectivity index (χ4v) is 3.23. The Kier molecular flexibility index (Phi) is 5.16. The van der Waals surface area contributed by atoms with Gasteiger partial charge in [-0.15, -0.1) is 0 Å². The monoisotopic (exact) mass is 356 g/mol. The minimum Gasteiger partial charge on any atom is -0.454 e. The van der Waals surface area contributed by atoms with Gasteiger partial charge in [0.2, 0.25) is 11.8 Å². The van der Waals surface area contributed by atoms with Gasteiger partial charge in [-0.2, -0.15) is 0 Å². The molecule has 3 rings (SSSR count). The van der Waals surface area contributed by atoms with Crippen LogP contribution >= 0.6 is 0 Å². The van der Waals surface area contributed by atoms with E-state index in [4.69, 9.17) is 4.74 Å². The van der Waals surface area contributed by atoms with Crippen LogP contribution in [0.4, 0.5) is 5.69 Å². The number of amides is 3. The second kappa shape index (κ2) is 7.51. The first-order valence-corrected chi connectivity index (χ1v) is 8.46. The van der Waals surface area contributed by atoms with Crippen molar-refractivity contribution < 1.29 is 23.9 Å². The fourth-order valence-electron chi connectivity index (χ4n) is 3.23. The molecule has 136 valence electrons. The Morgan fingerprint density at radius 3 is 2.23 bits per heavy atom. The molecule has 0 spiro atoms. The summed E-state index contributed by atoms with van der Waals surface area (Å²) in [7, 11) is 1.58. The van der Waals surface area contributed by atoms with Gasteiger partial charge in [0.25, 0.3) is 5.91 Å². The Morgan fingerprint density at radius 2 is 1.65 bits per heavy atom. The predicted molar refractivity (Wildman–Crippen MR) is 92.9 cm³/mol. The zero-order valence-electron chi connectivity index (χ0n) is 14.5. The number of anilines is 1. The minimum atomic E-state index is -0.770. The third-order valence-corrected chi connectivity index (χ3v) is 4.76. The van der Waals surface area contributed by atoms with Crippen LogP contribution in [-0.2, 0) is 23.9 Å². The molecule has 0 aromatic heterocycles. The van der Waals surface area contributed by atoms with Gasteiger partial charge in [0.1, 0.15) is 6.54 Å². The molecule has 1 saturated heterocycles. The maximum absolute atomic E-state index is 12.3. The molecule has 7 heteroatoms. The molecule has 2 aliphatic rings. The normalized spacial score (nSPS) is 21.5. The number of esters is 1. The summed E-state index contributed by atoms with van der Waals surface area (Å²) in [6.07, 6.45) is 4.79. The van der Waals surface area contributed by atoms with Crippen molar-refractivity contribution in [2.75, 3.05) is 25.1 Å². The number of likely N-dealkylation sites (tertiary alicyclic amines) is 1. The van der Waals surface area contributed by atoms with Crippen molar-refractivity contribution >= 4 is 29.4 Å². The highest BCUT2D eigenvalue weighted by molar-refractivity contribution is 6.07. The van der Waals surface area contributed by atoms with E-state index in [1.165, 1.54) is 4.90 Å². The number of hydrogen-bond donors (Lipinski definition) is 0. The van der Waals surface area contributed by atoms with Crippen molar-refractivity contribution in [2.45, 2.75) is 12.8 Å². The molecule has 1 fully saturated rings. The molecule has 3 amide bonds. The number of fused-ring (bicyclic) bond motifs is 1. The molecule has 0 bridgehead atoms. The summed E-state index contributed by atoms with van der Waals surface area (Å²) in [4.78, 5) is 51.1. The Hall–Kier alpha value is -2.96. The van der Waals surface area contributed by atoms with E-state index in [2.05, 4.69) is 0 Å². The number of para-hydroxylation sites is 1. The van der Waals surface area contributed by atoms with Gasteiger partial charge in [-0.25, -0.2) is 0 Å². The smallest absolute Gasteiger partial charge is 0.326 e. The number of imide groups is 1. The van der Waals surface area contributed by atoms with Crippen molar-refractivity contribution in [3.63, 3.8) is 0 Å². The molecule has 1 heterocycles. The number of benzene rings is 1. The van der Waals surface area contributed by atoms with Gasteiger partial charge in [-0.05, 0) is 25.0 Å². The SMILES string of the molecule is CN(C(=O)COC(=O)CN1C(=O)[C@@H]2CC=CC[C@H]2C1=O)c1ccccc1.